The minimum atomic E-state index is -0.752. The summed E-state index contributed by atoms with van der Waals surface area (Å²) in [4.78, 5) is 21.6. The van der Waals surface area contributed by atoms with Crippen molar-refractivity contribution in [3.8, 4) is 0 Å². The second kappa shape index (κ2) is 7.32. The van der Waals surface area contributed by atoms with Gasteiger partial charge in [-0.2, -0.15) is 0 Å². The quantitative estimate of drug-likeness (QED) is 0.628. The molecule has 0 bridgehead atoms. The molecule has 0 aliphatic rings. The number of ether oxygens (including phenoxy) is 2. The SMILES string of the molecule is CCC(=O)OCC(CO)OC(=O)CC. The number of carbonyl (C=O) groups is 2. The zero-order valence-corrected chi connectivity index (χ0v) is 8.49. The lowest BCUT2D eigenvalue weighted by Gasteiger charge is -2.14. The Morgan fingerprint density at radius 1 is 1.21 bits per heavy atom. The molecule has 0 aromatic heterocycles. The van der Waals surface area contributed by atoms with E-state index in [0.717, 1.165) is 0 Å². The van der Waals surface area contributed by atoms with Crippen molar-refractivity contribution in [3.05, 3.63) is 0 Å². The van der Waals surface area contributed by atoms with Gasteiger partial charge in [0.2, 0.25) is 0 Å². The van der Waals surface area contributed by atoms with Gasteiger partial charge in [0.1, 0.15) is 6.61 Å². The molecule has 5 heteroatoms. The van der Waals surface area contributed by atoms with Crippen LogP contribution in [0.1, 0.15) is 26.7 Å². The summed E-state index contributed by atoms with van der Waals surface area (Å²) in [6, 6.07) is 0. The molecular formula is C9H16O5. The second-order valence-corrected chi connectivity index (χ2v) is 2.68. The highest BCUT2D eigenvalue weighted by atomic mass is 16.6. The van der Waals surface area contributed by atoms with E-state index in [2.05, 4.69) is 0 Å². The number of carbonyl (C=O) groups excluding carboxylic acids is 2. The van der Waals surface area contributed by atoms with E-state index in [1.54, 1.807) is 13.8 Å². The fourth-order valence-corrected chi connectivity index (χ4v) is 0.681. The number of esters is 2. The summed E-state index contributed by atoms with van der Waals surface area (Å²) in [5.41, 5.74) is 0. The summed E-state index contributed by atoms with van der Waals surface area (Å²) >= 11 is 0. The van der Waals surface area contributed by atoms with Gasteiger partial charge in [0.15, 0.2) is 6.10 Å². The predicted molar refractivity (Wildman–Crippen MR) is 48.5 cm³/mol. The van der Waals surface area contributed by atoms with Crippen molar-refractivity contribution in [2.75, 3.05) is 13.2 Å². The average molecular weight is 204 g/mol. The average Bonchev–Trinajstić information content (AvgIpc) is 2.22. The first kappa shape index (κ1) is 12.9. The van der Waals surface area contributed by atoms with Gasteiger partial charge in [0.25, 0.3) is 0 Å². The molecule has 5 nitrogen and oxygen atoms in total. The maximum absolute atomic E-state index is 10.8. The maximum atomic E-state index is 10.8. The second-order valence-electron chi connectivity index (χ2n) is 2.68. The van der Waals surface area contributed by atoms with Crippen molar-refractivity contribution in [2.24, 2.45) is 0 Å². The summed E-state index contributed by atoms with van der Waals surface area (Å²) in [6.07, 6.45) is -0.254. The Bertz CT molecular complexity index is 190. The molecule has 1 N–H and O–H groups in total. The fraction of sp³-hybridized carbons (Fsp3) is 0.778. The van der Waals surface area contributed by atoms with Gasteiger partial charge in [-0.25, -0.2) is 0 Å². The molecule has 0 radical (unpaired) electrons. The molecule has 0 rings (SSSR count). The molecule has 0 fully saturated rings. The van der Waals surface area contributed by atoms with Crippen molar-refractivity contribution >= 4 is 11.9 Å². The van der Waals surface area contributed by atoms with Gasteiger partial charge < -0.3 is 14.6 Å². The Kier molecular flexibility index (Phi) is 6.74. The highest BCUT2D eigenvalue weighted by Crippen LogP contribution is 1.97. The van der Waals surface area contributed by atoms with Crippen LogP contribution in [-0.4, -0.2) is 36.4 Å². The molecule has 82 valence electrons. The Balaban J connectivity index is 3.79. The smallest absolute Gasteiger partial charge is 0.305 e. The van der Waals surface area contributed by atoms with Gasteiger partial charge >= 0.3 is 11.9 Å². The van der Waals surface area contributed by atoms with E-state index in [1.807, 2.05) is 0 Å². The van der Waals surface area contributed by atoms with Gasteiger partial charge in [-0.15, -0.1) is 0 Å². The third-order valence-corrected chi connectivity index (χ3v) is 1.51. The van der Waals surface area contributed by atoms with Crippen LogP contribution in [0.25, 0.3) is 0 Å². The molecule has 0 heterocycles. The first-order valence-corrected chi connectivity index (χ1v) is 4.59. The van der Waals surface area contributed by atoms with E-state index < -0.39 is 12.1 Å². The van der Waals surface area contributed by atoms with Crippen LogP contribution in [0.15, 0.2) is 0 Å². The number of aliphatic hydroxyl groups is 1. The highest BCUT2D eigenvalue weighted by molar-refractivity contribution is 5.69. The van der Waals surface area contributed by atoms with E-state index in [1.165, 1.54) is 0 Å². The van der Waals surface area contributed by atoms with Crippen LogP contribution in [0, 0.1) is 0 Å². The lowest BCUT2D eigenvalue weighted by Crippen LogP contribution is -2.28. The molecule has 0 aromatic rings. The first-order chi connectivity index (χ1) is 6.63. The third-order valence-electron chi connectivity index (χ3n) is 1.51. The molecule has 0 saturated heterocycles. The number of hydrogen-bond acceptors (Lipinski definition) is 5. The maximum Gasteiger partial charge on any atom is 0.305 e. The Morgan fingerprint density at radius 2 is 1.79 bits per heavy atom. The zero-order valence-electron chi connectivity index (χ0n) is 8.49. The standard InChI is InChI=1S/C9H16O5/c1-3-8(11)13-6-7(5-10)14-9(12)4-2/h7,10H,3-6H2,1-2H3. The Morgan fingerprint density at radius 3 is 2.21 bits per heavy atom. The molecule has 1 unspecified atom stereocenters. The third kappa shape index (κ3) is 5.53. The summed E-state index contributed by atoms with van der Waals surface area (Å²) in [6.45, 7) is 2.88. The molecule has 0 amide bonds. The van der Waals surface area contributed by atoms with E-state index in [-0.39, 0.29) is 32.0 Å². The van der Waals surface area contributed by atoms with Crippen molar-refractivity contribution in [1.29, 1.82) is 0 Å². The topological polar surface area (TPSA) is 72.8 Å². The fourth-order valence-electron chi connectivity index (χ4n) is 0.681. The normalized spacial score (nSPS) is 11.9. The van der Waals surface area contributed by atoms with Crippen molar-refractivity contribution in [2.45, 2.75) is 32.8 Å². The Hall–Kier alpha value is -1.10. The van der Waals surface area contributed by atoms with E-state index >= 15 is 0 Å². The largest absolute Gasteiger partial charge is 0.462 e. The lowest BCUT2D eigenvalue weighted by molar-refractivity contribution is -0.161. The van der Waals surface area contributed by atoms with Crippen LogP contribution in [-0.2, 0) is 19.1 Å². The summed E-state index contributed by atoms with van der Waals surface area (Å²) in [7, 11) is 0. The molecule has 0 saturated carbocycles. The molecular weight excluding hydrogens is 188 g/mol. The van der Waals surface area contributed by atoms with Gasteiger partial charge in [0, 0.05) is 12.8 Å². The van der Waals surface area contributed by atoms with Crippen LogP contribution in [0.4, 0.5) is 0 Å². The molecule has 0 aliphatic heterocycles. The van der Waals surface area contributed by atoms with Crippen molar-refractivity contribution in [1.82, 2.24) is 0 Å². The van der Waals surface area contributed by atoms with Gasteiger partial charge in [0.05, 0.1) is 6.61 Å². The summed E-state index contributed by atoms with van der Waals surface area (Å²) in [5, 5.41) is 8.79. The van der Waals surface area contributed by atoms with E-state index in [9.17, 15) is 9.59 Å². The summed E-state index contributed by atoms with van der Waals surface area (Å²) in [5.74, 6) is -0.799. The van der Waals surface area contributed by atoms with Crippen LogP contribution < -0.4 is 0 Å². The van der Waals surface area contributed by atoms with Crippen molar-refractivity contribution in [3.63, 3.8) is 0 Å². The van der Waals surface area contributed by atoms with Crippen molar-refractivity contribution < 1.29 is 24.2 Å². The number of aliphatic hydroxyl groups excluding tert-OH is 1. The van der Waals surface area contributed by atoms with Gasteiger partial charge in [-0.05, 0) is 0 Å². The van der Waals surface area contributed by atoms with Crippen LogP contribution in [0.3, 0.4) is 0 Å². The van der Waals surface area contributed by atoms with E-state index in [0.29, 0.717) is 0 Å². The number of hydrogen-bond donors (Lipinski definition) is 1. The molecule has 1 atom stereocenters. The van der Waals surface area contributed by atoms with Crippen LogP contribution in [0.5, 0.6) is 0 Å². The zero-order chi connectivity index (χ0) is 11.0. The van der Waals surface area contributed by atoms with Gasteiger partial charge in [-0.3, -0.25) is 9.59 Å². The minimum absolute atomic E-state index is 0.0884. The van der Waals surface area contributed by atoms with Crippen LogP contribution >= 0.6 is 0 Å². The number of rotatable bonds is 6. The highest BCUT2D eigenvalue weighted by Gasteiger charge is 2.14. The first-order valence-electron chi connectivity index (χ1n) is 4.59. The predicted octanol–water partition coefficient (Wildman–Crippen LogP) is 0.254. The van der Waals surface area contributed by atoms with Crippen LogP contribution in [0.2, 0.25) is 0 Å². The minimum Gasteiger partial charge on any atom is -0.462 e. The van der Waals surface area contributed by atoms with Gasteiger partial charge in [-0.1, -0.05) is 13.8 Å². The van der Waals surface area contributed by atoms with E-state index in [4.69, 9.17) is 14.6 Å². The monoisotopic (exact) mass is 204 g/mol. The molecule has 14 heavy (non-hydrogen) atoms. The summed E-state index contributed by atoms with van der Waals surface area (Å²) < 4.78 is 9.49. The molecule has 0 aliphatic carbocycles. The lowest BCUT2D eigenvalue weighted by atomic mass is 10.4. The molecule has 0 aromatic carbocycles. The molecule has 0 spiro atoms. The Labute approximate surface area is 83.0 Å².